The summed E-state index contributed by atoms with van der Waals surface area (Å²) in [6.45, 7) is 12.3. The number of aromatic nitrogens is 2. The van der Waals surface area contributed by atoms with E-state index in [9.17, 15) is 27.9 Å². The number of pyridine rings is 1. The van der Waals surface area contributed by atoms with Gasteiger partial charge < -0.3 is 34.1 Å². The molecule has 19 heteroatoms. The molecule has 3 aliphatic rings. The number of carbonyl (C=O) groups is 1. The van der Waals surface area contributed by atoms with Crippen LogP contribution in [0.4, 0.5) is 17.1 Å². The second-order valence-electron chi connectivity index (χ2n) is 18.8. The van der Waals surface area contributed by atoms with Gasteiger partial charge in [-0.15, -0.1) is 0 Å². The third-order valence-corrected chi connectivity index (χ3v) is 16.9. The van der Waals surface area contributed by atoms with Gasteiger partial charge in [-0.25, -0.2) is 18.1 Å². The SMILES string of the molecule is COCC(CN1CCP(C)(=O)CC1)Nc1ccc(S(=O)(=O)NC(=O)c2ccc(N3CCN(CC4=C(c5ccc(Cl)cc5)CC(C)(C)CC4)CC3)cc2Oc2cnc3[nH]ccc3c2)cc1[N+](=O)[O-]. The first-order valence-corrected chi connectivity index (χ1v) is 26.9. The number of halogens is 1. The van der Waals surface area contributed by atoms with E-state index < -0.39 is 38.6 Å². The largest absolute Gasteiger partial charge is 0.455 e. The molecule has 3 aromatic carbocycles. The summed E-state index contributed by atoms with van der Waals surface area (Å²) in [6, 6.07) is 19.9. The van der Waals surface area contributed by atoms with Gasteiger partial charge in [0.05, 0.1) is 41.4 Å². The zero-order valence-corrected chi connectivity index (χ0v) is 40.8. The monoisotopic (exact) mass is 972 g/mol. The zero-order chi connectivity index (χ0) is 47.5. The maximum Gasteiger partial charge on any atom is 0.293 e. The number of benzene rings is 3. The highest BCUT2D eigenvalue weighted by Gasteiger charge is 2.32. The van der Waals surface area contributed by atoms with Crippen LogP contribution in [0, 0.1) is 15.5 Å². The number of rotatable bonds is 16. The molecule has 8 rings (SSSR count). The molecule has 5 aromatic rings. The summed E-state index contributed by atoms with van der Waals surface area (Å²) in [6.07, 6.45) is 7.62. The van der Waals surface area contributed by atoms with E-state index in [1.54, 1.807) is 31.1 Å². The molecule has 2 aromatic heterocycles. The summed E-state index contributed by atoms with van der Waals surface area (Å²) in [7, 11) is -5.27. The molecule has 2 aliphatic heterocycles. The van der Waals surface area contributed by atoms with Crippen molar-refractivity contribution in [2.24, 2.45) is 5.41 Å². The highest BCUT2D eigenvalue weighted by atomic mass is 35.5. The van der Waals surface area contributed by atoms with Crippen LogP contribution in [0.15, 0.2) is 95.7 Å². The van der Waals surface area contributed by atoms with E-state index in [1.165, 1.54) is 48.2 Å². The van der Waals surface area contributed by atoms with E-state index in [1.807, 2.05) is 18.2 Å². The lowest BCUT2D eigenvalue weighted by Crippen LogP contribution is -2.47. The Kier molecular flexibility index (Phi) is 14.5. The van der Waals surface area contributed by atoms with Gasteiger partial charge in [0.15, 0.2) is 0 Å². The number of sulfonamides is 1. The summed E-state index contributed by atoms with van der Waals surface area (Å²) in [4.78, 5) is 39.6. The molecule has 16 nitrogen and oxygen atoms in total. The predicted molar refractivity (Wildman–Crippen MR) is 264 cm³/mol. The molecule has 0 radical (unpaired) electrons. The Bertz CT molecular complexity index is 2820. The van der Waals surface area contributed by atoms with Crippen LogP contribution < -0.4 is 19.7 Å². The van der Waals surface area contributed by atoms with Gasteiger partial charge in [-0.3, -0.25) is 19.8 Å². The number of amides is 1. The van der Waals surface area contributed by atoms with Crippen LogP contribution in [0.25, 0.3) is 16.6 Å². The Morgan fingerprint density at radius 1 is 1.00 bits per heavy atom. The maximum atomic E-state index is 14.0. The fraction of sp³-hybridized carbons (Fsp3) is 0.417. The number of hydrogen-bond acceptors (Lipinski definition) is 13. The first-order chi connectivity index (χ1) is 31.9. The van der Waals surface area contributed by atoms with E-state index in [0.29, 0.717) is 56.4 Å². The second kappa shape index (κ2) is 20.1. The first-order valence-electron chi connectivity index (χ1n) is 22.5. The quantitative estimate of drug-likeness (QED) is 0.0485. The highest BCUT2D eigenvalue weighted by Crippen LogP contribution is 2.44. The molecular formula is C48H58ClN8O8PS. The van der Waals surface area contributed by atoms with Crippen LogP contribution in [-0.4, -0.2) is 130 Å². The van der Waals surface area contributed by atoms with E-state index >= 15 is 0 Å². The van der Waals surface area contributed by atoms with Gasteiger partial charge >= 0.3 is 0 Å². The summed E-state index contributed by atoms with van der Waals surface area (Å²) < 4.78 is 54.1. The lowest BCUT2D eigenvalue weighted by Gasteiger charge is -2.39. The van der Waals surface area contributed by atoms with Crippen molar-refractivity contribution in [1.82, 2.24) is 24.5 Å². The minimum Gasteiger partial charge on any atom is -0.455 e. The normalized spacial score (nSPS) is 18.4. The summed E-state index contributed by atoms with van der Waals surface area (Å²) >= 11 is 6.25. The van der Waals surface area contributed by atoms with Crippen LogP contribution >= 0.6 is 18.7 Å². The number of anilines is 2. The lowest BCUT2D eigenvalue weighted by atomic mass is 9.72. The van der Waals surface area contributed by atoms with Crippen molar-refractivity contribution in [3.8, 4) is 11.5 Å². The second-order valence-corrected chi connectivity index (χ2v) is 24.4. The molecule has 0 bridgehead atoms. The van der Waals surface area contributed by atoms with E-state index in [2.05, 4.69) is 60.7 Å². The van der Waals surface area contributed by atoms with E-state index in [-0.39, 0.29) is 35.1 Å². The molecule has 0 saturated carbocycles. The van der Waals surface area contributed by atoms with Crippen molar-refractivity contribution in [2.45, 2.75) is 44.0 Å². The molecule has 2 saturated heterocycles. The minimum absolute atomic E-state index is 0.0608. The third-order valence-electron chi connectivity index (χ3n) is 13.0. The smallest absolute Gasteiger partial charge is 0.293 e. The van der Waals surface area contributed by atoms with Crippen LogP contribution in [0.3, 0.4) is 0 Å². The van der Waals surface area contributed by atoms with Crippen molar-refractivity contribution < 1.29 is 32.2 Å². The number of nitrogens with one attached hydrogen (secondary N) is 3. The highest BCUT2D eigenvalue weighted by molar-refractivity contribution is 7.90. The third kappa shape index (κ3) is 11.9. The Balaban J connectivity index is 0.996. The van der Waals surface area contributed by atoms with Crippen molar-refractivity contribution in [3.05, 3.63) is 117 Å². The molecule has 67 heavy (non-hydrogen) atoms. The number of H-pyrrole nitrogens is 1. The number of methoxy groups -OCH3 is 1. The topological polar surface area (TPSA) is 192 Å². The Morgan fingerprint density at radius 2 is 1.75 bits per heavy atom. The Hall–Kier alpha value is -5.29. The number of nitro benzene ring substituents is 1. The summed E-state index contributed by atoms with van der Waals surface area (Å²) in [5.74, 6) is -0.537. The van der Waals surface area contributed by atoms with Gasteiger partial charge in [0.25, 0.3) is 21.6 Å². The van der Waals surface area contributed by atoms with Crippen LogP contribution in [0.1, 0.15) is 49.0 Å². The van der Waals surface area contributed by atoms with Gasteiger partial charge in [0.1, 0.15) is 22.8 Å². The molecule has 1 unspecified atom stereocenters. The number of ether oxygens (including phenoxy) is 2. The average Bonchev–Trinajstić information content (AvgIpc) is 3.76. The molecule has 1 atom stereocenters. The predicted octanol–water partition coefficient (Wildman–Crippen LogP) is 8.56. The molecule has 2 fully saturated rings. The number of nitro groups is 1. The summed E-state index contributed by atoms with van der Waals surface area (Å²) in [5, 5.41) is 17.0. The molecule has 356 valence electrons. The van der Waals surface area contributed by atoms with Crippen molar-refractivity contribution >= 4 is 68.3 Å². The first kappa shape index (κ1) is 48.2. The molecular weight excluding hydrogens is 915 g/mol. The standard InChI is InChI=1S/C48H58ClN8O8PS/c1-48(2)15-13-35(42(28-48)33-5-7-36(49)8-6-33)30-54-17-19-56(20-18-54)38-9-11-41(45(26-38)65-39-25-34-14-16-50-46(34)51-29-39)47(58)53-67(62,63)40-10-12-43(44(27-40)57(59)60)52-37(32-64-3)31-55-21-23-66(4,61)24-22-55/h5-12,14,16,25-27,29,37,52H,13,15,17-24,28,30-32H2,1-4H3,(H,50,51)(H,53,58). The van der Waals surface area contributed by atoms with Crippen molar-refractivity contribution in [1.29, 1.82) is 0 Å². The Labute approximate surface area is 396 Å². The maximum absolute atomic E-state index is 14.0. The fourth-order valence-corrected chi connectivity index (χ4v) is 11.9. The number of aromatic amines is 1. The van der Waals surface area contributed by atoms with Gasteiger partial charge in [-0.1, -0.05) is 43.2 Å². The number of hydrogen-bond donors (Lipinski definition) is 3. The molecule has 4 heterocycles. The molecule has 3 N–H and O–H groups in total. The van der Waals surface area contributed by atoms with Crippen LogP contribution in [0.2, 0.25) is 5.02 Å². The van der Waals surface area contributed by atoms with Crippen LogP contribution in [-0.2, 0) is 19.3 Å². The number of piperazine rings is 1. The number of carbonyl (C=O) groups excluding carboxylic acids is 1. The van der Waals surface area contributed by atoms with Crippen molar-refractivity contribution in [2.75, 3.05) is 95.3 Å². The summed E-state index contributed by atoms with van der Waals surface area (Å²) in [5.41, 5.74) is 5.28. The van der Waals surface area contributed by atoms with E-state index in [0.717, 1.165) is 61.1 Å². The zero-order valence-electron chi connectivity index (χ0n) is 38.3. The average molecular weight is 974 g/mol. The molecule has 0 spiro atoms. The number of fused-ring (bicyclic) bond motifs is 1. The van der Waals surface area contributed by atoms with Gasteiger partial charge in [0, 0.05) is 106 Å². The van der Waals surface area contributed by atoms with Crippen molar-refractivity contribution in [3.63, 3.8) is 0 Å². The number of allylic oxidation sites excluding steroid dienone is 1. The Morgan fingerprint density at radius 3 is 2.46 bits per heavy atom. The molecule has 1 aliphatic carbocycles. The van der Waals surface area contributed by atoms with Gasteiger partial charge in [-0.2, -0.15) is 0 Å². The fourth-order valence-electron chi connectivity index (χ4n) is 9.15. The van der Waals surface area contributed by atoms with Crippen LogP contribution in [0.5, 0.6) is 11.5 Å². The minimum atomic E-state index is -4.63. The lowest BCUT2D eigenvalue weighted by molar-refractivity contribution is -0.384. The number of nitrogens with zero attached hydrogens (tertiary/aromatic N) is 5. The van der Waals surface area contributed by atoms with Gasteiger partial charge in [0.2, 0.25) is 0 Å². The molecule has 1 amide bonds. The van der Waals surface area contributed by atoms with E-state index in [4.69, 9.17) is 21.1 Å². The van der Waals surface area contributed by atoms with Gasteiger partial charge in [-0.05, 0) is 91.0 Å².